The molecule has 1 amide bonds. The maximum Gasteiger partial charge on any atom is 0.340 e. The van der Waals surface area contributed by atoms with E-state index in [-0.39, 0.29) is 12.3 Å². The smallest absolute Gasteiger partial charge is 0.340 e. The van der Waals surface area contributed by atoms with Crippen LogP contribution in [-0.2, 0) is 4.74 Å². The van der Waals surface area contributed by atoms with Gasteiger partial charge in [-0.25, -0.2) is 14.8 Å². The summed E-state index contributed by atoms with van der Waals surface area (Å²) in [5.74, 6) is 0.266. The number of carbonyl (C=O) groups excluding carboxylic acids is 2. The lowest BCUT2D eigenvalue weighted by molar-refractivity contribution is 0.0527. The molecule has 0 unspecified atom stereocenters. The van der Waals surface area contributed by atoms with Crippen molar-refractivity contribution in [3.8, 4) is 0 Å². The molecule has 2 N–H and O–H groups in total. The molecule has 3 rings (SSSR count). The normalized spacial score (nSPS) is 13.2. The highest BCUT2D eigenvalue weighted by Gasteiger charge is 2.22. The Bertz CT molecular complexity index is 803. The van der Waals surface area contributed by atoms with E-state index in [0.717, 1.165) is 12.8 Å². The van der Waals surface area contributed by atoms with Crippen LogP contribution in [-0.4, -0.2) is 34.5 Å². The number of hydrogen-bond acceptors (Lipinski definition) is 6. The maximum absolute atomic E-state index is 12.6. The van der Waals surface area contributed by atoms with Crippen LogP contribution in [0.15, 0.2) is 30.3 Å². The average molecular weight is 340 g/mol. The predicted molar refractivity (Wildman–Crippen MR) is 93.8 cm³/mol. The molecular formula is C18H20N4O3. The molecule has 2 aromatic rings. The molecule has 1 fully saturated rings. The first kappa shape index (κ1) is 16.9. The van der Waals surface area contributed by atoms with Gasteiger partial charge in [0.1, 0.15) is 17.3 Å². The monoisotopic (exact) mass is 340 g/mol. The van der Waals surface area contributed by atoms with Crippen LogP contribution in [0.4, 0.5) is 11.5 Å². The molecule has 1 heterocycles. The van der Waals surface area contributed by atoms with E-state index in [1.54, 1.807) is 44.2 Å². The zero-order valence-electron chi connectivity index (χ0n) is 14.2. The van der Waals surface area contributed by atoms with E-state index < -0.39 is 11.9 Å². The van der Waals surface area contributed by atoms with Gasteiger partial charge in [-0.05, 0) is 38.8 Å². The second kappa shape index (κ2) is 7.29. The molecule has 1 aliphatic carbocycles. The molecule has 1 aliphatic rings. The quantitative estimate of drug-likeness (QED) is 0.786. The molecule has 7 nitrogen and oxygen atoms in total. The Morgan fingerprint density at radius 2 is 2.00 bits per heavy atom. The second-order valence-electron chi connectivity index (χ2n) is 5.82. The zero-order valence-corrected chi connectivity index (χ0v) is 14.2. The summed E-state index contributed by atoms with van der Waals surface area (Å²) in [5.41, 5.74) is 0.938. The molecule has 0 radical (unpaired) electrons. The highest BCUT2D eigenvalue weighted by atomic mass is 16.5. The number of aryl methyl sites for hydroxylation is 1. The SMILES string of the molecule is CCOC(=O)c1ccccc1NC(=O)c1cc(NC2CC2)nc(C)n1. The minimum absolute atomic E-state index is 0.245. The first-order valence-corrected chi connectivity index (χ1v) is 8.26. The maximum atomic E-state index is 12.6. The van der Waals surface area contributed by atoms with Crippen molar-refractivity contribution in [1.82, 2.24) is 9.97 Å². The number of aromatic nitrogens is 2. The number of rotatable bonds is 6. The van der Waals surface area contributed by atoms with Crippen LogP contribution in [0.1, 0.15) is 46.4 Å². The van der Waals surface area contributed by atoms with Crippen molar-refractivity contribution in [3.05, 3.63) is 47.4 Å². The molecule has 1 aromatic heterocycles. The minimum Gasteiger partial charge on any atom is -0.462 e. The van der Waals surface area contributed by atoms with E-state index in [4.69, 9.17) is 4.74 Å². The van der Waals surface area contributed by atoms with E-state index in [1.807, 2.05) is 0 Å². The van der Waals surface area contributed by atoms with Crippen LogP contribution in [0, 0.1) is 6.92 Å². The van der Waals surface area contributed by atoms with Crippen LogP contribution in [0.2, 0.25) is 0 Å². The largest absolute Gasteiger partial charge is 0.462 e. The summed E-state index contributed by atoms with van der Waals surface area (Å²) in [4.78, 5) is 33.1. The van der Waals surface area contributed by atoms with Crippen molar-refractivity contribution < 1.29 is 14.3 Å². The highest BCUT2D eigenvalue weighted by molar-refractivity contribution is 6.07. The van der Waals surface area contributed by atoms with E-state index in [9.17, 15) is 9.59 Å². The van der Waals surface area contributed by atoms with E-state index in [2.05, 4.69) is 20.6 Å². The van der Waals surface area contributed by atoms with Gasteiger partial charge in [0.2, 0.25) is 0 Å². The van der Waals surface area contributed by atoms with Crippen molar-refractivity contribution in [3.63, 3.8) is 0 Å². The van der Waals surface area contributed by atoms with Crippen LogP contribution in [0.25, 0.3) is 0 Å². The summed E-state index contributed by atoms with van der Waals surface area (Å²) in [6, 6.07) is 8.77. The van der Waals surface area contributed by atoms with Crippen LogP contribution in [0.3, 0.4) is 0 Å². The molecule has 1 aromatic carbocycles. The number of para-hydroxylation sites is 1. The Kier molecular flexibility index (Phi) is 4.92. The van der Waals surface area contributed by atoms with Crippen molar-refractivity contribution in [2.45, 2.75) is 32.7 Å². The van der Waals surface area contributed by atoms with Gasteiger partial charge in [0.05, 0.1) is 17.9 Å². The van der Waals surface area contributed by atoms with Crippen LogP contribution >= 0.6 is 0 Å². The number of amides is 1. The lowest BCUT2D eigenvalue weighted by Crippen LogP contribution is -2.18. The number of nitrogens with one attached hydrogen (secondary N) is 2. The first-order valence-electron chi connectivity index (χ1n) is 8.26. The Labute approximate surface area is 145 Å². The van der Waals surface area contributed by atoms with Crippen LogP contribution in [0.5, 0.6) is 0 Å². The highest BCUT2D eigenvalue weighted by Crippen LogP contribution is 2.24. The van der Waals surface area contributed by atoms with E-state index >= 15 is 0 Å². The summed E-state index contributed by atoms with van der Waals surface area (Å²) in [5, 5.41) is 5.99. The third-order valence-electron chi connectivity index (χ3n) is 3.67. The Morgan fingerprint density at radius 3 is 2.72 bits per heavy atom. The second-order valence-corrected chi connectivity index (χ2v) is 5.82. The fourth-order valence-corrected chi connectivity index (χ4v) is 2.36. The number of benzene rings is 1. The summed E-state index contributed by atoms with van der Waals surface area (Å²) < 4.78 is 5.02. The number of carbonyl (C=O) groups is 2. The third-order valence-corrected chi connectivity index (χ3v) is 3.67. The summed E-state index contributed by atoms with van der Waals surface area (Å²) in [7, 11) is 0. The lowest BCUT2D eigenvalue weighted by Gasteiger charge is -2.11. The Balaban J connectivity index is 1.80. The minimum atomic E-state index is -0.478. The van der Waals surface area contributed by atoms with E-state index in [1.165, 1.54) is 0 Å². The van der Waals surface area contributed by atoms with Gasteiger partial charge in [-0.2, -0.15) is 0 Å². The molecule has 7 heteroatoms. The molecule has 25 heavy (non-hydrogen) atoms. The van der Waals surface area contributed by atoms with Crippen molar-refractivity contribution in [2.75, 3.05) is 17.2 Å². The number of ether oxygens (including phenoxy) is 1. The van der Waals surface area contributed by atoms with Gasteiger partial charge in [0.15, 0.2) is 0 Å². The fourth-order valence-electron chi connectivity index (χ4n) is 2.36. The molecule has 0 aliphatic heterocycles. The number of esters is 1. The zero-order chi connectivity index (χ0) is 17.8. The van der Waals surface area contributed by atoms with Crippen molar-refractivity contribution >= 4 is 23.4 Å². The Hall–Kier alpha value is -2.96. The third kappa shape index (κ3) is 4.32. The molecule has 130 valence electrons. The van der Waals surface area contributed by atoms with Gasteiger partial charge in [-0.1, -0.05) is 12.1 Å². The number of hydrogen-bond donors (Lipinski definition) is 2. The van der Waals surface area contributed by atoms with Gasteiger partial charge in [-0.15, -0.1) is 0 Å². The summed E-state index contributed by atoms with van der Waals surface area (Å²) in [6.07, 6.45) is 2.22. The van der Waals surface area contributed by atoms with Crippen molar-refractivity contribution in [2.24, 2.45) is 0 Å². The molecular weight excluding hydrogens is 320 g/mol. The van der Waals surface area contributed by atoms with Gasteiger partial charge < -0.3 is 15.4 Å². The standard InChI is InChI=1S/C18H20N4O3/c1-3-25-18(24)13-6-4-5-7-14(13)22-17(23)15-10-16(20-11(2)19-15)21-12-8-9-12/h4-7,10,12H,3,8-9H2,1-2H3,(H,22,23)(H,19,20,21). The number of nitrogens with zero attached hydrogens (tertiary/aromatic N) is 2. The summed E-state index contributed by atoms with van der Waals surface area (Å²) in [6.45, 7) is 3.74. The fraction of sp³-hybridized carbons (Fsp3) is 0.333. The lowest BCUT2D eigenvalue weighted by atomic mass is 10.1. The molecule has 0 bridgehead atoms. The number of anilines is 2. The van der Waals surface area contributed by atoms with Crippen molar-refractivity contribution in [1.29, 1.82) is 0 Å². The molecule has 0 spiro atoms. The average Bonchev–Trinajstić information content (AvgIpc) is 3.39. The van der Waals surface area contributed by atoms with E-state index in [0.29, 0.717) is 28.9 Å². The van der Waals surface area contributed by atoms with Gasteiger partial charge >= 0.3 is 5.97 Å². The Morgan fingerprint density at radius 1 is 1.24 bits per heavy atom. The predicted octanol–water partition coefficient (Wildman–Crippen LogP) is 2.79. The first-order chi connectivity index (χ1) is 12.1. The molecule has 0 atom stereocenters. The van der Waals surface area contributed by atoms with Gasteiger partial charge in [0, 0.05) is 12.1 Å². The summed E-state index contributed by atoms with van der Waals surface area (Å²) >= 11 is 0. The molecule has 1 saturated carbocycles. The molecule has 0 saturated heterocycles. The van der Waals surface area contributed by atoms with Gasteiger partial charge in [0.25, 0.3) is 5.91 Å². The van der Waals surface area contributed by atoms with Gasteiger partial charge in [-0.3, -0.25) is 4.79 Å². The topological polar surface area (TPSA) is 93.2 Å². The van der Waals surface area contributed by atoms with Crippen LogP contribution < -0.4 is 10.6 Å².